The molecular weight excluding hydrogens is 284 g/mol. The second kappa shape index (κ2) is 4.52. The van der Waals surface area contributed by atoms with Crippen LogP contribution >= 0.6 is 23.2 Å². The summed E-state index contributed by atoms with van der Waals surface area (Å²) in [5.74, 6) is -0.493. The molecule has 94 valence electrons. The second-order valence-electron chi connectivity index (χ2n) is 4.50. The monoisotopic (exact) mass is 291 g/mol. The van der Waals surface area contributed by atoms with Crippen molar-refractivity contribution < 1.29 is 4.39 Å². The Hall–Kier alpha value is -1.56. The molecule has 1 aliphatic carbocycles. The number of benzene rings is 2. The number of fused-ring (bicyclic) bond motifs is 3. The highest BCUT2D eigenvalue weighted by Crippen LogP contribution is 2.50. The van der Waals surface area contributed by atoms with Gasteiger partial charge in [-0.05, 0) is 46.5 Å². The van der Waals surface area contributed by atoms with E-state index in [9.17, 15) is 4.39 Å². The molecule has 0 aliphatic heterocycles. The van der Waals surface area contributed by atoms with Crippen LogP contribution in [0.4, 0.5) is 4.39 Å². The van der Waals surface area contributed by atoms with Crippen molar-refractivity contribution in [3.05, 3.63) is 57.3 Å². The SMILES string of the molecule is N#CCC1c2cc(F)ccc2-c2cc(Cl)cc(Cl)c21. The molecule has 2 aromatic carbocycles. The molecule has 0 aromatic heterocycles. The molecule has 1 nitrogen and oxygen atoms in total. The van der Waals surface area contributed by atoms with E-state index < -0.39 is 0 Å². The van der Waals surface area contributed by atoms with E-state index in [1.165, 1.54) is 12.1 Å². The van der Waals surface area contributed by atoms with Crippen LogP contribution < -0.4 is 0 Å². The number of hydrogen-bond donors (Lipinski definition) is 0. The number of halogens is 3. The molecular formula is C15H8Cl2FN. The molecule has 0 heterocycles. The first-order valence-electron chi connectivity index (χ1n) is 5.77. The Balaban J connectivity index is 2.32. The van der Waals surface area contributed by atoms with Crippen LogP contribution in [0.25, 0.3) is 11.1 Å². The quantitative estimate of drug-likeness (QED) is 0.712. The van der Waals surface area contributed by atoms with E-state index >= 15 is 0 Å². The van der Waals surface area contributed by atoms with Crippen molar-refractivity contribution in [1.82, 2.24) is 0 Å². The second-order valence-corrected chi connectivity index (χ2v) is 5.34. The van der Waals surface area contributed by atoms with Crippen LogP contribution in [0.5, 0.6) is 0 Å². The smallest absolute Gasteiger partial charge is 0.123 e. The number of rotatable bonds is 1. The zero-order valence-corrected chi connectivity index (χ0v) is 11.3. The minimum absolute atomic E-state index is 0.185. The van der Waals surface area contributed by atoms with Gasteiger partial charge in [-0.15, -0.1) is 0 Å². The summed E-state index contributed by atoms with van der Waals surface area (Å²) >= 11 is 12.3. The van der Waals surface area contributed by atoms with Gasteiger partial charge in [-0.2, -0.15) is 5.26 Å². The van der Waals surface area contributed by atoms with Crippen LogP contribution in [-0.2, 0) is 0 Å². The Morgan fingerprint density at radius 2 is 1.95 bits per heavy atom. The van der Waals surface area contributed by atoms with Crippen LogP contribution in [0.3, 0.4) is 0 Å². The van der Waals surface area contributed by atoms with E-state index in [0.29, 0.717) is 10.0 Å². The number of hydrogen-bond acceptors (Lipinski definition) is 1. The maximum atomic E-state index is 13.4. The molecule has 0 amide bonds. The molecule has 0 N–H and O–H groups in total. The van der Waals surface area contributed by atoms with E-state index in [-0.39, 0.29) is 18.2 Å². The summed E-state index contributed by atoms with van der Waals surface area (Å²) < 4.78 is 13.4. The van der Waals surface area contributed by atoms with Gasteiger partial charge in [0.15, 0.2) is 0 Å². The van der Waals surface area contributed by atoms with Crippen molar-refractivity contribution >= 4 is 23.2 Å². The molecule has 1 aliphatic rings. The first-order chi connectivity index (χ1) is 9.11. The van der Waals surface area contributed by atoms with E-state index in [2.05, 4.69) is 6.07 Å². The Morgan fingerprint density at radius 3 is 2.68 bits per heavy atom. The van der Waals surface area contributed by atoms with Gasteiger partial charge in [0.2, 0.25) is 0 Å². The van der Waals surface area contributed by atoms with Crippen molar-refractivity contribution in [2.24, 2.45) is 0 Å². The zero-order valence-electron chi connectivity index (χ0n) is 9.75. The van der Waals surface area contributed by atoms with Crippen LogP contribution in [0.15, 0.2) is 30.3 Å². The van der Waals surface area contributed by atoms with Crippen LogP contribution in [0.2, 0.25) is 10.0 Å². The van der Waals surface area contributed by atoms with Gasteiger partial charge in [-0.1, -0.05) is 29.3 Å². The van der Waals surface area contributed by atoms with E-state index in [1.807, 2.05) is 6.07 Å². The minimum Gasteiger partial charge on any atom is -0.207 e. The molecule has 0 saturated heterocycles. The third kappa shape index (κ3) is 1.90. The van der Waals surface area contributed by atoms with Crippen molar-refractivity contribution in [1.29, 1.82) is 5.26 Å². The third-order valence-electron chi connectivity index (χ3n) is 3.42. The molecule has 2 aromatic rings. The van der Waals surface area contributed by atoms with Gasteiger partial charge >= 0.3 is 0 Å². The topological polar surface area (TPSA) is 23.8 Å². The van der Waals surface area contributed by atoms with Crippen molar-refractivity contribution in [2.45, 2.75) is 12.3 Å². The molecule has 0 fully saturated rings. The summed E-state index contributed by atoms with van der Waals surface area (Å²) in [5.41, 5.74) is 3.47. The normalized spacial score (nSPS) is 15.8. The number of nitriles is 1. The van der Waals surface area contributed by atoms with Gasteiger partial charge < -0.3 is 0 Å². The lowest BCUT2D eigenvalue weighted by molar-refractivity contribution is 0.624. The first kappa shape index (κ1) is 12.5. The van der Waals surface area contributed by atoms with Gasteiger partial charge in [0.05, 0.1) is 6.07 Å². The van der Waals surface area contributed by atoms with Crippen molar-refractivity contribution in [2.75, 3.05) is 0 Å². The molecule has 0 saturated carbocycles. The van der Waals surface area contributed by atoms with Crippen LogP contribution in [-0.4, -0.2) is 0 Å². The highest BCUT2D eigenvalue weighted by molar-refractivity contribution is 6.36. The highest BCUT2D eigenvalue weighted by Gasteiger charge is 2.31. The summed E-state index contributed by atoms with van der Waals surface area (Å²) in [6.07, 6.45) is 0.269. The van der Waals surface area contributed by atoms with Crippen LogP contribution in [0, 0.1) is 17.1 Å². The standard InChI is InChI=1S/C15H8Cl2FN/c16-8-5-13-10-2-1-9(18)7-12(10)11(3-4-19)15(13)14(17)6-8/h1-2,5-7,11H,3H2. The van der Waals surface area contributed by atoms with Crippen molar-refractivity contribution in [3.8, 4) is 17.2 Å². The summed E-state index contributed by atoms with van der Waals surface area (Å²) in [7, 11) is 0. The minimum atomic E-state index is -0.309. The van der Waals surface area contributed by atoms with Gasteiger partial charge in [0, 0.05) is 22.4 Å². The maximum Gasteiger partial charge on any atom is 0.123 e. The lowest BCUT2D eigenvalue weighted by atomic mass is 9.94. The van der Waals surface area contributed by atoms with E-state index in [1.54, 1.807) is 12.1 Å². The summed E-state index contributed by atoms with van der Waals surface area (Å²) in [6.45, 7) is 0. The lowest BCUT2D eigenvalue weighted by Crippen LogP contribution is -1.96. The Morgan fingerprint density at radius 1 is 1.16 bits per heavy atom. The predicted octanol–water partition coefficient (Wildman–Crippen LogP) is 5.16. The molecule has 19 heavy (non-hydrogen) atoms. The Kier molecular flexibility index (Phi) is 2.97. The fourth-order valence-electron chi connectivity index (χ4n) is 2.69. The van der Waals surface area contributed by atoms with Gasteiger partial charge in [0.25, 0.3) is 0 Å². The van der Waals surface area contributed by atoms with Crippen LogP contribution in [0.1, 0.15) is 23.5 Å². The molecule has 3 rings (SSSR count). The van der Waals surface area contributed by atoms with E-state index in [0.717, 1.165) is 22.3 Å². The Bertz CT molecular complexity index is 719. The average Bonchev–Trinajstić information content (AvgIpc) is 2.64. The van der Waals surface area contributed by atoms with Crippen molar-refractivity contribution in [3.63, 3.8) is 0 Å². The largest absolute Gasteiger partial charge is 0.207 e. The first-order valence-corrected chi connectivity index (χ1v) is 6.53. The Labute approximate surface area is 120 Å². The molecule has 4 heteroatoms. The maximum absolute atomic E-state index is 13.4. The molecule has 0 radical (unpaired) electrons. The predicted molar refractivity (Wildman–Crippen MR) is 73.9 cm³/mol. The third-order valence-corrected chi connectivity index (χ3v) is 3.95. The van der Waals surface area contributed by atoms with Gasteiger partial charge in [-0.3, -0.25) is 0 Å². The van der Waals surface area contributed by atoms with Gasteiger partial charge in [0.1, 0.15) is 5.82 Å². The number of nitrogens with zero attached hydrogens (tertiary/aromatic N) is 1. The summed E-state index contributed by atoms with van der Waals surface area (Å²) in [6, 6.07) is 10.2. The highest BCUT2D eigenvalue weighted by atomic mass is 35.5. The summed E-state index contributed by atoms with van der Waals surface area (Å²) in [5, 5.41) is 10.0. The zero-order chi connectivity index (χ0) is 13.6. The average molecular weight is 292 g/mol. The molecule has 1 unspecified atom stereocenters. The molecule has 0 spiro atoms. The van der Waals surface area contributed by atoms with E-state index in [4.69, 9.17) is 28.5 Å². The summed E-state index contributed by atoms with van der Waals surface area (Å²) in [4.78, 5) is 0. The molecule has 0 bridgehead atoms. The van der Waals surface area contributed by atoms with Gasteiger partial charge in [-0.25, -0.2) is 4.39 Å². The molecule has 1 atom stereocenters. The fraction of sp³-hybridized carbons (Fsp3) is 0.133. The lowest BCUT2D eigenvalue weighted by Gasteiger charge is -2.11. The fourth-order valence-corrected chi connectivity index (χ4v) is 3.31.